The molecular formula is C9H16N2O. The minimum atomic E-state index is 0.628. The fourth-order valence-electron chi connectivity index (χ4n) is 2.48. The van der Waals surface area contributed by atoms with Gasteiger partial charge in [-0.15, -0.1) is 0 Å². The average Bonchev–Trinajstić information content (AvgIpc) is 2.17. The lowest BCUT2D eigenvalue weighted by Crippen LogP contribution is -2.52. The van der Waals surface area contributed by atoms with Crippen LogP contribution in [0.1, 0.15) is 19.3 Å². The van der Waals surface area contributed by atoms with Crippen LogP contribution in [0.2, 0.25) is 0 Å². The third-order valence-electron chi connectivity index (χ3n) is 3.21. The smallest absolute Gasteiger partial charge is 0.207 e. The number of carbonyl (C=O) groups is 1. The van der Waals surface area contributed by atoms with Gasteiger partial charge >= 0.3 is 0 Å². The van der Waals surface area contributed by atoms with Crippen molar-refractivity contribution in [2.45, 2.75) is 25.3 Å². The van der Waals surface area contributed by atoms with Crippen molar-refractivity contribution in [1.82, 2.24) is 10.2 Å². The molecule has 1 atom stereocenters. The maximum Gasteiger partial charge on any atom is 0.207 e. The third kappa shape index (κ3) is 1.46. The van der Waals surface area contributed by atoms with E-state index in [9.17, 15) is 4.79 Å². The molecule has 1 unspecified atom stereocenters. The zero-order chi connectivity index (χ0) is 8.39. The van der Waals surface area contributed by atoms with E-state index in [-0.39, 0.29) is 0 Å². The second kappa shape index (κ2) is 3.44. The second-order valence-electron chi connectivity index (χ2n) is 3.89. The van der Waals surface area contributed by atoms with Gasteiger partial charge in [0.25, 0.3) is 0 Å². The first kappa shape index (κ1) is 8.05. The zero-order valence-corrected chi connectivity index (χ0v) is 7.33. The van der Waals surface area contributed by atoms with Crippen molar-refractivity contribution >= 4 is 6.41 Å². The van der Waals surface area contributed by atoms with E-state index in [4.69, 9.17) is 0 Å². The molecule has 1 N–H and O–H groups in total. The summed E-state index contributed by atoms with van der Waals surface area (Å²) in [4.78, 5) is 12.6. The first-order chi connectivity index (χ1) is 5.90. The fourth-order valence-corrected chi connectivity index (χ4v) is 2.48. The van der Waals surface area contributed by atoms with E-state index < -0.39 is 0 Å². The van der Waals surface area contributed by atoms with E-state index in [0.717, 1.165) is 18.9 Å². The maximum absolute atomic E-state index is 10.1. The van der Waals surface area contributed by atoms with Crippen molar-refractivity contribution in [3.63, 3.8) is 0 Å². The van der Waals surface area contributed by atoms with Gasteiger partial charge in [0.15, 0.2) is 0 Å². The van der Waals surface area contributed by atoms with Crippen LogP contribution < -0.4 is 5.32 Å². The molecule has 0 saturated carbocycles. The molecule has 0 aliphatic carbocycles. The van der Waals surface area contributed by atoms with Crippen LogP contribution >= 0.6 is 0 Å². The molecular weight excluding hydrogens is 152 g/mol. The van der Waals surface area contributed by atoms with Crippen molar-refractivity contribution in [2.75, 3.05) is 19.6 Å². The highest BCUT2D eigenvalue weighted by Crippen LogP contribution is 2.31. The number of fused-ring (bicyclic) bond motifs is 3. The molecule has 0 aromatic carbocycles. The Morgan fingerprint density at radius 1 is 1.42 bits per heavy atom. The summed E-state index contributed by atoms with van der Waals surface area (Å²) < 4.78 is 0. The van der Waals surface area contributed by atoms with E-state index in [0.29, 0.717) is 6.04 Å². The van der Waals surface area contributed by atoms with E-state index >= 15 is 0 Å². The number of hydrogen-bond acceptors (Lipinski definition) is 2. The molecule has 3 aliphatic rings. The largest absolute Gasteiger partial charge is 0.357 e. The lowest BCUT2D eigenvalue weighted by molar-refractivity contribution is -0.110. The third-order valence-corrected chi connectivity index (χ3v) is 3.21. The number of amides is 1. The van der Waals surface area contributed by atoms with Crippen LogP contribution in [-0.2, 0) is 4.79 Å². The average molecular weight is 168 g/mol. The van der Waals surface area contributed by atoms with Gasteiger partial charge in [-0.1, -0.05) is 0 Å². The quantitative estimate of drug-likeness (QED) is 0.611. The Morgan fingerprint density at radius 3 is 2.67 bits per heavy atom. The summed E-state index contributed by atoms with van der Waals surface area (Å²) in [6.45, 7) is 3.34. The summed E-state index contributed by atoms with van der Waals surface area (Å²) in [5.74, 6) is 0.938. The van der Waals surface area contributed by atoms with Gasteiger partial charge < -0.3 is 5.32 Å². The van der Waals surface area contributed by atoms with Crippen LogP contribution in [0.15, 0.2) is 0 Å². The van der Waals surface area contributed by atoms with E-state index in [1.54, 1.807) is 0 Å². The summed E-state index contributed by atoms with van der Waals surface area (Å²) in [6, 6.07) is 0.628. The highest BCUT2D eigenvalue weighted by molar-refractivity contribution is 5.45. The highest BCUT2D eigenvalue weighted by Gasteiger charge is 2.32. The van der Waals surface area contributed by atoms with Gasteiger partial charge in [0.1, 0.15) is 0 Å². The van der Waals surface area contributed by atoms with Crippen LogP contribution in [0.3, 0.4) is 0 Å². The first-order valence-electron chi connectivity index (χ1n) is 4.81. The van der Waals surface area contributed by atoms with Gasteiger partial charge in [0.05, 0.1) is 0 Å². The van der Waals surface area contributed by atoms with Gasteiger partial charge in [0.2, 0.25) is 6.41 Å². The number of rotatable bonds is 3. The number of hydrogen-bond donors (Lipinski definition) is 1. The number of carbonyl (C=O) groups excluding carboxylic acids is 1. The lowest BCUT2D eigenvalue weighted by Gasteiger charge is -2.45. The Labute approximate surface area is 73.1 Å². The summed E-state index contributed by atoms with van der Waals surface area (Å²) in [6.07, 6.45) is 4.85. The van der Waals surface area contributed by atoms with Crippen molar-refractivity contribution in [1.29, 1.82) is 0 Å². The van der Waals surface area contributed by atoms with Crippen molar-refractivity contribution in [3.8, 4) is 0 Å². The maximum atomic E-state index is 10.1. The number of nitrogens with one attached hydrogen (secondary N) is 1. The lowest BCUT2D eigenvalue weighted by atomic mass is 9.83. The molecule has 1 amide bonds. The minimum Gasteiger partial charge on any atom is -0.357 e. The topological polar surface area (TPSA) is 32.3 Å². The molecule has 0 aromatic rings. The molecule has 68 valence electrons. The first-order valence-corrected chi connectivity index (χ1v) is 4.81. The Bertz CT molecular complexity index is 164. The van der Waals surface area contributed by atoms with Gasteiger partial charge in [-0.2, -0.15) is 0 Å². The van der Waals surface area contributed by atoms with Crippen LogP contribution in [0, 0.1) is 5.92 Å². The van der Waals surface area contributed by atoms with Crippen molar-refractivity contribution < 1.29 is 4.79 Å². The van der Waals surface area contributed by atoms with Gasteiger partial charge in [-0.3, -0.25) is 9.69 Å². The van der Waals surface area contributed by atoms with Gasteiger partial charge in [0, 0.05) is 12.6 Å². The molecule has 0 radical (unpaired) electrons. The van der Waals surface area contributed by atoms with Gasteiger partial charge in [-0.05, 0) is 38.3 Å². The minimum absolute atomic E-state index is 0.628. The van der Waals surface area contributed by atoms with Crippen LogP contribution in [0.25, 0.3) is 0 Å². The van der Waals surface area contributed by atoms with Crippen LogP contribution in [0.4, 0.5) is 0 Å². The van der Waals surface area contributed by atoms with Crippen LogP contribution in [-0.4, -0.2) is 37.0 Å². The Balaban J connectivity index is 1.86. The molecule has 2 bridgehead atoms. The molecule has 3 heterocycles. The molecule has 3 fully saturated rings. The summed E-state index contributed by atoms with van der Waals surface area (Å²) in [5, 5.41) is 2.78. The van der Waals surface area contributed by atoms with E-state index in [1.807, 2.05) is 0 Å². The summed E-state index contributed by atoms with van der Waals surface area (Å²) >= 11 is 0. The summed E-state index contributed by atoms with van der Waals surface area (Å²) in [5.41, 5.74) is 0. The highest BCUT2D eigenvalue weighted by atomic mass is 16.1. The van der Waals surface area contributed by atoms with Crippen molar-refractivity contribution in [2.24, 2.45) is 5.92 Å². The molecule has 0 aromatic heterocycles. The Hall–Kier alpha value is -0.570. The fraction of sp³-hybridized carbons (Fsp3) is 0.889. The molecule has 3 nitrogen and oxygen atoms in total. The molecule has 3 rings (SSSR count). The Kier molecular flexibility index (Phi) is 2.30. The van der Waals surface area contributed by atoms with Gasteiger partial charge in [-0.25, -0.2) is 0 Å². The SMILES string of the molecule is O=CNCC1CC2CCN1CC2. The zero-order valence-electron chi connectivity index (χ0n) is 7.33. The second-order valence-corrected chi connectivity index (χ2v) is 3.89. The Morgan fingerprint density at radius 2 is 2.17 bits per heavy atom. The predicted octanol–water partition coefficient (Wildman–Crippen LogP) is 0.217. The molecule has 12 heavy (non-hydrogen) atoms. The van der Waals surface area contributed by atoms with Crippen LogP contribution in [0.5, 0.6) is 0 Å². The normalized spacial score (nSPS) is 39.5. The van der Waals surface area contributed by atoms with E-state index in [2.05, 4.69) is 10.2 Å². The number of nitrogens with zero attached hydrogens (tertiary/aromatic N) is 1. The molecule has 3 heteroatoms. The van der Waals surface area contributed by atoms with Crippen molar-refractivity contribution in [3.05, 3.63) is 0 Å². The predicted molar refractivity (Wildman–Crippen MR) is 46.8 cm³/mol. The van der Waals surface area contributed by atoms with E-state index in [1.165, 1.54) is 32.4 Å². The molecule has 3 saturated heterocycles. The standard InChI is InChI=1S/C9H16N2O/c12-7-10-6-9-5-8-1-3-11(9)4-2-8/h7-9H,1-6H2,(H,10,12). The summed E-state index contributed by atoms with van der Waals surface area (Å²) in [7, 11) is 0. The molecule has 3 aliphatic heterocycles. The monoisotopic (exact) mass is 168 g/mol. The number of piperidine rings is 3. The molecule has 0 spiro atoms.